The van der Waals surface area contributed by atoms with Crippen molar-refractivity contribution >= 4 is 22.6 Å². The molecule has 0 amide bonds. The smallest absolute Gasteiger partial charge is 0.153 e. The fraction of sp³-hybridized carbons (Fsp3) is 0.533. The second-order valence-corrected chi connectivity index (χ2v) is 5.88. The van der Waals surface area contributed by atoms with Gasteiger partial charge in [-0.2, -0.15) is 0 Å². The first-order valence-electron chi connectivity index (χ1n) is 7.03. The van der Waals surface area contributed by atoms with Crippen LogP contribution in [0.15, 0.2) is 12.1 Å². The van der Waals surface area contributed by atoms with E-state index >= 15 is 0 Å². The monoisotopic (exact) mass is 298 g/mol. The van der Waals surface area contributed by atoms with E-state index in [0.717, 1.165) is 25.3 Å². The van der Waals surface area contributed by atoms with Crippen molar-refractivity contribution in [2.45, 2.75) is 44.5 Å². The summed E-state index contributed by atoms with van der Waals surface area (Å²) in [5, 5.41) is 0. The molecule has 1 fully saturated rings. The van der Waals surface area contributed by atoms with Crippen LogP contribution in [0.2, 0.25) is 0 Å². The zero-order valence-corrected chi connectivity index (χ0v) is 12.1. The third-order valence-corrected chi connectivity index (χ3v) is 4.54. The Morgan fingerprint density at radius 1 is 1.30 bits per heavy atom. The van der Waals surface area contributed by atoms with Crippen LogP contribution < -0.4 is 0 Å². The summed E-state index contributed by atoms with van der Waals surface area (Å²) in [6, 6.07) is 2.47. The van der Waals surface area contributed by atoms with Crippen LogP contribution in [0.25, 0.3) is 11.0 Å². The first-order chi connectivity index (χ1) is 9.61. The van der Waals surface area contributed by atoms with Crippen molar-refractivity contribution in [3.8, 4) is 0 Å². The Labute approximate surface area is 121 Å². The van der Waals surface area contributed by atoms with E-state index in [2.05, 4.69) is 11.9 Å². The Kier molecular flexibility index (Phi) is 3.67. The van der Waals surface area contributed by atoms with Crippen molar-refractivity contribution < 1.29 is 8.78 Å². The standard InChI is InChI=1S/C15H17ClF2N2/c1-9-4-2-3-5-12(9)20-13-7-10(17)6-11(18)15(13)19-14(20)8-16/h6-7,9,12H,2-5,8H2,1H3. The molecule has 5 heteroatoms. The molecule has 1 aromatic carbocycles. The number of rotatable bonds is 2. The predicted molar refractivity (Wildman–Crippen MR) is 75.9 cm³/mol. The van der Waals surface area contributed by atoms with Gasteiger partial charge in [-0.3, -0.25) is 0 Å². The van der Waals surface area contributed by atoms with Gasteiger partial charge in [0.2, 0.25) is 0 Å². The quantitative estimate of drug-likeness (QED) is 0.728. The zero-order chi connectivity index (χ0) is 14.3. The van der Waals surface area contributed by atoms with Gasteiger partial charge in [-0.05, 0) is 24.8 Å². The molecule has 1 aromatic heterocycles. The molecule has 108 valence electrons. The molecule has 2 nitrogen and oxygen atoms in total. The Morgan fingerprint density at radius 3 is 2.75 bits per heavy atom. The average molecular weight is 299 g/mol. The van der Waals surface area contributed by atoms with Crippen molar-refractivity contribution in [2.24, 2.45) is 5.92 Å². The lowest BCUT2D eigenvalue weighted by atomic mass is 9.85. The summed E-state index contributed by atoms with van der Waals surface area (Å²) in [4.78, 5) is 4.27. The topological polar surface area (TPSA) is 17.8 Å². The van der Waals surface area contributed by atoms with Gasteiger partial charge in [0.05, 0.1) is 11.4 Å². The molecule has 1 saturated carbocycles. The molecule has 3 rings (SSSR count). The maximum absolute atomic E-state index is 13.9. The highest BCUT2D eigenvalue weighted by atomic mass is 35.5. The number of benzene rings is 1. The second kappa shape index (κ2) is 5.32. The third kappa shape index (κ3) is 2.20. The molecular weight excluding hydrogens is 282 g/mol. The molecule has 1 aliphatic carbocycles. The molecule has 0 radical (unpaired) electrons. The first-order valence-corrected chi connectivity index (χ1v) is 7.57. The number of imidazole rings is 1. The van der Waals surface area contributed by atoms with E-state index in [0.29, 0.717) is 17.3 Å². The van der Waals surface area contributed by atoms with Gasteiger partial charge in [0.1, 0.15) is 17.2 Å². The summed E-state index contributed by atoms with van der Waals surface area (Å²) in [5.74, 6) is 0.118. The number of hydrogen-bond acceptors (Lipinski definition) is 1. The van der Waals surface area contributed by atoms with E-state index in [1.165, 1.54) is 12.5 Å². The second-order valence-electron chi connectivity index (χ2n) is 5.62. The number of fused-ring (bicyclic) bond motifs is 1. The fourth-order valence-electron chi connectivity index (χ4n) is 3.31. The van der Waals surface area contributed by atoms with E-state index < -0.39 is 11.6 Å². The van der Waals surface area contributed by atoms with E-state index in [9.17, 15) is 8.78 Å². The third-order valence-electron chi connectivity index (χ3n) is 4.30. The minimum Gasteiger partial charge on any atom is -0.323 e. The Bertz CT molecular complexity index is 638. The maximum atomic E-state index is 13.9. The molecule has 1 heterocycles. The van der Waals surface area contributed by atoms with Gasteiger partial charge >= 0.3 is 0 Å². The highest BCUT2D eigenvalue weighted by molar-refractivity contribution is 6.16. The lowest BCUT2D eigenvalue weighted by molar-refractivity contribution is 0.258. The molecule has 0 aliphatic heterocycles. The SMILES string of the molecule is CC1CCCCC1n1c(CCl)nc2c(F)cc(F)cc21. The number of hydrogen-bond donors (Lipinski definition) is 0. The number of aromatic nitrogens is 2. The fourth-order valence-corrected chi connectivity index (χ4v) is 3.50. The predicted octanol–water partition coefficient (Wildman–Crippen LogP) is 4.80. The van der Waals surface area contributed by atoms with Gasteiger partial charge < -0.3 is 4.57 Å². The summed E-state index contributed by atoms with van der Waals surface area (Å²) >= 11 is 5.96. The molecule has 0 saturated heterocycles. The van der Waals surface area contributed by atoms with Crippen LogP contribution in [-0.2, 0) is 5.88 Å². The van der Waals surface area contributed by atoms with E-state index in [4.69, 9.17) is 11.6 Å². The van der Waals surface area contributed by atoms with Gasteiger partial charge in [-0.25, -0.2) is 13.8 Å². The van der Waals surface area contributed by atoms with E-state index in [1.807, 2.05) is 4.57 Å². The first kappa shape index (κ1) is 13.8. The summed E-state index contributed by atoms with van der Waals surface area (Å²) in [7, 11) is 0. The molecule has 2 atom stereocenters. The number of alkyl halides is 1. The minimum absolute atomic E-state index is 0.207. The summed E-state index contributed by atoms with van der Waals surface area (Å²) in [6.45, 7) is 2.18. The van der Waals surface area contributed by atoms with Crippen LogP contribution in [-0.4, -0.2) is 9.55 Å². The molecule has 0 spiro atoms. The average Bonchev–Trinajstić information content (AvgIpc) is 2.78. The van der Waals surface area contributed by atoms with Crippen LogP contribution in [0.3, 0.4) is 0 Å². The van der Waals surface area contributed by atoms with E-state index in [1.54, 1.807) is 0 Å². The Hall–Kier alpha value is -1.16. The minimum atomic E-state index is -0.617. The Morgan fingerprint density at radius 2 is 2.05 bits per heavy atom. The lowest BCUT2D eigenvalue weighted by Gasteiger charge is -2.31. The van der Waals surface area contributed by atoms with Crippen molar-refractivity contribution in [3.63, 3.8) is 0 Å². The molecule has 0 bridgehead atoms. The van der Waals surface area contributed by atoms with Crippen LogP contribution in [0.1, 0.15) is 44.5 Å². The Balaban J connectivity index is 2.21. The molecule has 2 aromatic rings. The summed E-state index contributed by atoms with van der Waals surface area (Å²) in [5.41, 5.74) is 0.747. The highest BCUT2D eigenvalue weighted by Crippen LogP contribution is 2.37. The molecule has 20 heavy (non-hydrogen) atoms. The van der Waals surface area contributed by atoms with Gasteiger partial charge in [0, 0.05) is 12.1 Å². The van der Waals surface area contributed by atoms with E-state index in [-0.39, 0.29) is 17.4 Å². The zero-order valence-electron chi connectivity index (χ0n) is 11.4. The van der Waals surface area contributed by atoms with Crippen LogP contribution in [0, 0.1) is 17.6 Å². The van der Waals surface area contributed by atoms with Gasteiger partial charge in [-0.15, -0.1) is 11.6 Å². The van der Waals surface area contributed by atoms with Gasteiger partial charge in [0.25, 0.3) is 0 Å². The molecule has 0 N–H and O–H groups in total. The maximum Gasteiger partial charge on any atom is 0.153 e. The molecule has 1 aliphatic rings. The van der Waals surface area contributed by atoms with Crippen LogP contribution in [0.5, 0.6) is 0 Å². The lowest BCUT2D eigenvalue weighted by Crippen LogP contribution is -2.22. The van der Waals surface area contributed by atoms with Crippen molar-refractivity contribution in [1.82, 2.24) is 9.55 Å². The van der Waals surface area contributed by atoms with Crippen LogP contribution in [0.4, 0.5) is 8.78 Å². The van der Waals surface area contributed by atoms with Crippen molar-refractivity contribution in [2.75, 3.05) is 0 Å². The largest absolute Gasteiger partial charge is 0.323 e. The van der Waals surface area contributed by atoms with Gasteiger partial charge in [0.15, 0.2) is 5.82 Å². The van der Waals surface area contributed by atoms with Crippen molar-refractivity contribution in [1.29, 1.82) is 0 Å². The molecular formula is C15H17ClF2N2. The molecule has 2 unspecified atom stereocenters. The normalized spacial score (nSPS) is 23.4. The van der Waals surface area contributed by atoms with Gasteiger partial charge in [-0.1, -0.05) is 19.8 Å². The van der Waals surface area contributed by atoms with Crippen LogP contribution >= 0.6 is 11.6 Å². The van der Waals surface area contributed by atoms with Crippen molar-refractivity contribution in [3.05, 3.63) is 29.6 Å². The number of halogens is 3. The summed E-state index contributed by atoms with van der Waals surface area (Å²) in [6.07, 6.45) is 4.48. The summed E-state index contributed by atoms with van der Waals surface area (Å²) < 4.78 is 29.4. The highest BCUT2D eigenvalue weighted by Gasteiger charge is 2.27. The number of nitrogens with zero attached hydrogens (tertiary/aromatic N) is 2.